The number of halogens is 1. The van der Waals surface area contributed by atoms with Crippen LogP contribution in [0.15, 0.2) is 54.9 Å². The Morgan fingerprint density at radius 2 is 1.75 bits per heavy atom. The van der Waals surface area contributed by atoms with Gasteiger partial charge in [-0.3, -0.25) is 14.0 Å². The second kappa shape index (κ2) is 4.90. The van der Waals surface area contributed by atoms with Gasteiger partial charge < -0.3 is 0 Å². The maximum atomic E-state index is 12.3. The van der Waals surface area contributed by atoms with Crippen LogP contribution in [-0.4, -0.2) is 21.0 Å². The van der Waals surface area contributed by atoms with E-state index in [0.29, 0.717) is 16.2 Å². The SMILES string of the molecule is O=C(C(=O)c1cnc2ccc(Cl)cn12)c1ccccc1. The molecule has 0 radical (unpaired) electrons. The molecule has 3 aromatic rings. The fraction of sp³-hybridized carbons (Fsp3) is 0. The maximum Gasteiger partial charge on any atom is 0.251 e. The highest BCUT2D eigenvalue weighted by Gasteiger charge is 2.21. The van der Waals surface area contributed by atoms with Crippen molar-refractivity contribution >= 4 is 28.8 Å². The molecular formula is C15H9ClN2O2. The van der Waals surface area contributed by atoms with Gasteiger partial charge in [-0.05, 0) is 12.1 Å². The molecule has 0 N–H and O–H groups in total. The average molecular weight is 285 g/mol. The largest absolute Gasteiger partial charge is 0.295 e. The van der Waals surface area contributed by atoms with Crippen LogP contribution in [0.5, 0.6) is 0 Å². The zero-order chi connectivity index (χ0) is 14.1. The summed E-state index contributed by atoms with van der Waals surface area (Å²) >= 11 is 5.90. The lowest BCUT2D eigenvalue weighted by molar-refractivity contribution is 0.0813. The molecule has 0 spiro atoms. The van der Waals surface area contributed by atoms with Gasteiger partial charge in [0.1, 0.15) is 11.3 Å². The van der Waals surface area contributed by atoms with E-state index < -0.39 is 11.6 Å². The molecule has 98 valence electrons. The normalized spacial score (nSPS) is 10.7. The zero-order valence-corrected chi connectivity index (χ0v) is 11.0. The van der Waals surface area contributed by atoms with Crippen molar-refractivity contribution in [3.8, 4) is 0 Å². The summed E-state index contributed by atoms with van der Waals surface area (Å²) in [6, 6.07) is 11.8. The third kappa shape index (κ3) is 2.10. The molecule has 20 heavy (non-hydrogen) atoms. The summed E-state index contributed by atoms with van der Waals surface area (Å²) in [5.41, 5.74) is 1.13. The highest BCUT2D eigenvalue weighted by Crippen LogP contribution is 2.15. The Bertz CT molecular complexity index is 809. The van der Waals surface area contributed by atoms with Gasteiger partial charge in [0.05, 0.1) is 11.2 Å². The van der Waals surface area contributed by atoms with Crippen molar-refractivity contribution in [1.29, 1.82) is 0 Å². The highest BCUT2D eigenvalue weighted by atomic mass is 35.5. The summed E-state index contributed by atoms with van der Waals surface area (Å²) in [6.45, 7) is 0. The quantitative estimate of drug-likeness (QED) is 0.549. The second-order valence-electron chi connectivity index (χ2n) is 4.24. The number of pyridine rings is 1. The monoisotopic (exact) mass is 284 g/mol. The second-order valence-corrected chi connectivity index (χ2v) is 4.68. The van der Waals surface area contributed by atoms with E-state index >= 15 is 0 Å². The Morgan fingerprint density at radius 1 is 1.00 bits per heavy atom. The molecule has 0 aliphatic carbocycles. The van der Waals surface area contributed by atoms with Gasteiger partial charge in [-0.2, -0.15) is 0 Å². The smallest absolute Gasteiger partial charge is 0.251 e. The third-order valence-corrected chi connectivity index (χ3v) is 3.17. The van der Waals surface area contributed by atoms with Crippen LogP contribution < -0.4 is 0 Å². The van der Waals surface area contributed by atoms with Crippen LogP contribution in [0.2, 0.25) is 5.02 Å². The molecule has 4 nitrogen and oxygen atoms in total. The highest BCUT2D eigenvalue weighted by molar-refractivity contribution is 6.48. The van der Waals surface area contributed by atoms with Gasteiger partial charge in [0.25, 0.3) is 5.78 Å². The minimum absolute atomic E-state index is 0.205. The molecule has 0 unspecified atom stereocenters. The minimum Gasteiger partial charge on any atom is -0.295 e. The number of carbonyl (C=O) groups excluding carboxylic acids is 2. The van der Waals surface area contributed by atoms with Crippen LogP contribution in [0, 0.1) is 0 Å². The van der Waals surface area contributed by atoms with Crippen molar-refractivity contribution in [3.63, 3.8) is 0 Å². The molecule has 0 aliphatic rings. The number of hydrogen-bond donors (Lipinski definition) is 0. The van der Waals surface area contributed by atoms with Gasteiger partial charge in [0.2, 0.25) is 5.78 Å². The van der Waals surface area contributed by atoms with E-state index in [1.165, 1.54) is 10.6 Å². The van der Waals surface area contributed by atoms with Crippen LogP contribution in [-0.2, 0) is 0 Å². The Balaban J connectivity index is 2.05. The van der Waals surface area contributed by atoms with E-state index in [0.717, 1.165) is 0 Å². The van der Waals surface area contributed by atoms with Crippen molar-refractivity contribution in [2.75, 3.05) is 0 Å². The first kappa shape index (κ1) is 12.6. The number of aromatic nitrogens is 2. The molecule has 3 rings (SSSR count). The lowest BCUT2D eigenvalue weighted by Crippen LogP contribution is -2.16. The fourth-order valence-corrected chi connectivity index (χ4v) is 2.12. The molecule has 0 aliphatic heterocycles. The van der Waals surface area contributed by atoms with Crippen molar-refractivity contribution < 1.29 is 9.59 Å². The summed E-state index contributed by atoms with van der Waals surface area (Å²) in [5, 5.41) is 0.469. The molecule has 2 aromatic heterocycles. The molecule has 0 amide bonds. The summed E-state index contributed by atoms with van der Waals surface area (Å²) in [7, 11) is 0. The Hall–Kier alpha value is -2.46. The first-order valence-electron chi connectivity index (χ1n) is 5.93. The van der Waals surface area contributed by atoms with E-state index in [4.69, 9.17) is 11.6 Å². The van der Waals surface area contributed by atoms with Crippen LogP contribution in [0.3, 0.4) is 0 Å². The molecule has 1 aromatic carbocycles. The van der Waals surface area contributed by atoms with Crippen LogP contribution >= 0.6 is 11.6 Å². The van der Waals surface area contributed by atoms with Crippen molar-refractivity contribution in [2.45, 2.75) is 0 Å². The molecule has 0 saturated carbocycles. The molecule has 0 saturated heterocycles. The lowest BCUT2D eigenvalue weighted by atomic mass is 10.1. The van der Waals surface area contributed by atoms with Crippen molar-refractivity contribution in [3.05, 3.63) is 71.1 Å². The number of benzene rings is 1. The van der Waals surface area contributed by atoms with Crippen molar-refractivity contribution in [2.24, 2.45) is 0 Å². The van der Waals surface area contributed by atoms with E-state index in [9.17, 15) is 9.59 Å². The standard InChI is InChI=1S/C15H9ClN2O2/c16-11-6-7-13-17-8-12(18(13)9-11)15(20)14(19)10-4-2-1-3-5-10/h1-9H. The van der Waals surface area contributed by atoms with Gasteiger partial charge in [0.15, 0.2) is 0 Å². The van der Waals surface area contributed by atoms with Crippen LogP contribution in [0.25, 0.3) is 5.65 Å². The van der Waals surface area contributed by atoms with E-state index in [1.807, 2.05) is 0 Å². The summed E-state index contributed by atoms with van der Waals surface area (Å²) < 4.78 is 1.52. The summed E-state index contributed by atoms with van der Waals surface area (Å²) in [5.74, 6) is -1.17. The van der Waals surface area contributed by atoms with Gasteiger partial charge in [0, 0.05) is 11.8 Å². The fourth-order valence-electron chi connectivity index (χ4n) is 1.96. The first-order chi connectivity index (χ1) is 9.66. The molecule has 0 fully saturated rings. The van der Waals surface area contributed by atoms with Crippen molar-refractivity contribution in [1.82, 2.24) is 9.38 Å². The van der Waals surface area contributed by atoms with Gasteiger partial charge in [-0.15, -0.1) is 0 Å². The molecule has 0 atom stereocenters. The number of fused-ring (bicyclic) bond motifs is 1. The summed E-state index contributed by atoms with van der Waals surface area (Å²) in [6.07, 6.45) is 2.95. The number of ketones is 2. The number of rotatable bonds is 3. The zero-order valence-electron chi connectivity index (χ0n) is 10.3. The van der Waals surface area contributed by atoms with E-state index in [2.05, 4.69) is 4.98 Å². The Kier molecular flexibility index (Phi) is 3.08. The van der Waals surface area contributed by atoms with Crippen LogP contribution in [0.4, 0.5) is 0 Å². The summed E-state index contributed by atoms with van der Waals surface area (Å²) in [4.78, 5) is 28.5. The molecule has 0 bridgehead atoms. The first-order valence-corrected chi connectivity index (χ1v) is 6.31. The van der Waals surface area contributed by atoms with Gasteiger partial charge in [-0.1, -0.05) is 41.9 Å². The molecule has 2 heterocycles. The number of hydrogen-bond acceptors (Lipinski definition) is 3. The average Bonchev–Trinajstić information content (AvgIpc) is 2.89. The minimum atomic E-state index is -0.606. The predicted molar refractivity (Wildman–Crippen MR) is 75.3 cm³/mol. The van der Waals surface area contributed by atoms with E-state index in [-0.39, 0.29) is 5.69 Å². The number of carbonyl (C=O) groups is 2. The van der Waals surface area contributed by atoms with Crippen LogP contribution in [0.1, 0.15) is 20.8 Å². The van der Waals surface area contributed by atoms with E-state index in [1.54, 1.807) is 48.7 Å². The van der Waals surface area contributed by atoms with Gasteiger partial charge >= 0.3 is 0 Å². The Labute approximate surface area is 119 Å². The molecular weight excluding hydrogens is 276 g/mol. The number of imidazole rings is 1. The Morgan fingerprint density at radius 3 is 2.50 bits per heavy atom. The number of Topliss-reactive ketones (excluding diaryl/α,β-unsaturated/α-hetero) is 2. The number of nitrogens with zero attached hydrogens (tertiary/aromatic N) is 2. The molecule has 5 heteroatoms. The van der Waals surface area contributed by atoms with Gasteiger partial charge in [-0.25, -0.2) is 4.98 Å². The predicted octanol–water partition coefficient (Wildman–Crippen LogP) is 3.05. The topological polar surface area (TPSA) is 51.4 Å². The lowest BCUT2D eigenvalue weighted by Gasteiger charge is -2.01. The third-order valence-electron chi connectivity index (χ3n) is 2.94. The maximum absolute atomic E-state index is 12.3.